The van der Waals surface area contributed by atoms with Crippen LogP contribution in [0, 0.1) is 6.92 Å². The molecule has 1 N–H and O–H groups in total. The topological polar surface area (TPSA) is 59.9 Å². The number of aliphatic hydroxyl groups excluding tert-OH is 1. The second kappa shape index (κ2) is 8.07. The van der Waals surface area contributed by atoms with Gasteiger partial charge in [0.1, 0.15) is 5.82 Å². The number of anilines is 1. The second-order valence-electron chi connectivity index (χ2n) is 7.57. The summed E-state index contributed by atoms with van der Waals surface area (Å²) >= 11 is 5.91. The predicted molar refractivity (Wildman–Crippen MR) is 110 cm³/mol. The molecule has 1 aromatic heterocycles. The van der Waals surface area contributed by atoms with Gasteiger partial charge in [0.05, 0.1) is 12.1 Å². The highest BCUT2D eigenvalue weighted by Crippen LogP contribution is 2.23. The van der Waals surface area contributed by atoms with Gasteiger partial charge in [0.2, 0.25) is 0 Å². The van der Waals surface area contributed by atoms with Crippen LogP contribution in [-0.4, -0.2) is 77.2 Å². The number of pyridine rings is 1. The average molecular weight is 401 g/mol. The minimum Gasteiger partial charge on any atom is -0.390 e. The monoisotopic (exact) mass is 400 g/mol. The number of β-amino-alcohol motifs (C(OH)–C–C–N with tert-alkyl or cyclic N) is 1. The molecule has 0 aliphatic carbocycles. The Morgan fingerprint density at radius 2 is 1.79 bits per heavy atom. The first-order valence-corrected chi connectivity index (χ1v) is 10.0. The Balaban J connectivity index is 1.35. The predicted octanol–water partition coefficient (Wildman–Crippen LogP) is 2.05. The molecule has 6 nitrogen and oxygen atoms in total. The van der Waals surface area contributed by atoms with Gasteiger partial charge in [0.25, 0.3) is 5.91 Å². The number of carbonyl (C=O) groups excluding carboxylic acids is 1. The molecule has 2 aliphatic heterocycles. The van der Waals surface area contributed by atoms with Crippen LogP contribution < -0.4 is 4.90 Å². The Morgan fingerprint density at radius 1 is 1.07 bits per heavy atom. The molecule has 0 bridgehead atoms. The third kappa shape index (κ3) is 3.99. The van der Waals surface area contributed by atoms with Crippen LogP contribution in [-0.2, 0) is 0 Å². The van der Waals surface area contributed by atoms with Crippen molar-refractivity contribution in [1.82, 2.24) is 14.8 Å². The van der Waals surface area contributed by atoms with E-state index >= 15 is 0 Å². The van der Waals surface area contributed by atoms with Gasteiger partial charge in [-0.05, 0) is 42.8 Å². The smallest absolute Gasteiger partial charge is 0.253 e. The van der Waals surface area contributed by atoms with Crippen LogP contribution in [0.1, 0.15) is 15.9 Å². The fourth-order valence-corrected chi connectivity index (χ4v) is 4.12. The molecule has 1 aromatic carbocycles. The summed E-state index contributed by atoms with van der Waals surface area (Å²) in [7, 11) is 0. The lowest BCUT2D eigenvalue weighted by molar-refractivity contribution is 0.0376. The van der Waals surface area contributed by atoms with Gasteiger partial charge in [-0.2, -0.15) is 0 Å². The van der Waals surface area contributed by atoms with Crippen LogP contribution in [0.5, 0.6) is 0 Å². The molecule has 3 heterocycles. The van der Waals surface area contributed by atoms with Gasteiger partial charge in [-0.25, -0.2) is 4.98 Å². The number of halogens is 1. The average Bonchev–Trinajstić information content (AvgIpc) is 3.10. The summed E-state index contributed by atoms with van der Waals surface area (Å²) in [4.78, 5) is 23.5. The molecule has 2 aromatic rings. The fourth-order valence-electron chi connectivity index (χ4n) is 3.99. The van der Waals surface area contributed by atoms with E-state index in [-0.39, 0.29) is 11.9 Å². The molecule has 7 heteroatoms. The number of aryl methyl sites for hydroxylation is 1. The Labute approximate surface area is 170 Å². The third-order valence-corrected chi connectivity index (χ3v) is 5.89. The van der Waals surface area contributed by atoms with Crippen molar-refractivity contribution in [2.75, 3.05) is 44.2 Å². The van der Waals surface area contributed by atoms with Crippen LogP contribution in [0.2, 0.25) is 5.02 Å². The first-order valence-electron chi connectivity index (χ1n) is 9.66. The first kappa shape index (κ1) is 19.2. The summed E-state index contributed by atoms with van der Waals surface area (Å²) in [6.07, 6.45) is 1.44. The van der Waals surface area contributed by atoms with Crippen molar-refractivity contribution >= 4 is 23.3 Å². The van der Waals surface area contributed by atoms with E-state index in [1.807, 2.05) is 30.2 Å². The van der Waals surface area contributed by atoms with Gasteiger partial charge >= 0.3 is 0 Å². The fraction of sp³-hybridized carbons (Fsp3) is 0.429. The van der Waals surface area contributed by atoms with E-state index in [1.165, 1.54) is 0 Å². The van der Waals surface area contributed by atoms with Gasteiger partial charge in [0, 0.05) is 56.1 Å². The molecule has 2 saturated heterocycles. The van der Waals surface area contributed by atoms with E-state index in [1.54, 1.807) is 24.3 Å². The van der Waals surface area contributed by atoms with Crippen molar-refractivity contribution < 1.29 is 9.90 Å². The zero-order valence-corrected chi connectivity index (χ0v) is 16.7. The van der Waals surface area contributed by atoms with Gasteiger partial charge in [-0.1, -0.05) is 17.7 Å². The lowest BCUT2D eigenvalue weighted by Crippen LogP contribution is -2.54. The van der Waals surface area contributed by atoms with E-state index in [4.69, 9.17) is 11.6 Å². The quantitative estimate of drug-likeness (QED) is 0.854. The van der Waals surface area contributed by atoms with E-state index in [2.05, 4.69) is 14.8 Å². The maximum atomic E-state index is 12.7. The molecule has 0 spiro atoms. The molecule has 1 amide bonds. The van der Waals surface area contributed by atoms with Crippen molar-refractivity contribution in [2.24, 2.45) is 0 Å². The van der Waals surface area contributed by atoms with Gasteiger partial charge in [-0.15, -0.1) is 0 Å². The van der Waals surface area contributed by atoms with Crippen LogP contribution in [0.25, 0.3) is 0 Å². The van der Waals surface area contributed by atoms with Crippen LogP contribution >= 0.6 is 11.6 Å². The second-order valence-corrected chi connectivity index (χ2v) is 8.00. The molecule has 1 unspecified atom stereocenters. The number of amides is 1. The summed E-state index contributed by atoms with van der Waals surface area (Å²) in [6, 6.07) is 11.1. The highest BCUT2D eigenvalue weighted by molar-refractivity contribution is 6.30. The minimum atomic E-state index is -0.415. The number of hydrogen-bond donors (Lipinski definition) is 1. The van der Waals surface area contributed by atoms with Crippen molar-refractivity contribution in [3.8, 4) is 0 Å². The van der Waals surface area contributed by atoms with Gasteiger partial charge in [0.15, 0.2) is 0 Å². The van der Waals surface area contributed by atoms with E-state index in [0.29, 0.717) is 30.2 Å². The Morgan fingerprint density at radius 3 is 2.43 bits per heavy atom. The molecule has 28 heavy (non-hydrogen) atoms. The molecule has 0 saturated carbocycles. The first-order chi connectivity index (χ1) is 13.5. The number of aromatic nitrogens is 1. The van der Waals surface area contributed by atoms with Crippen molar-refractivity contribution in [3.05, 3.63) is 58.7 Å². The summed E-state index contributed by atoms with van der Waals surface area (Å²) < 4.78 is 0. The summed E-state index contributed by atoms with van der Waals surface area (Å²) in [5.41, 5.74) is 1.79. The summed E-state index contributed by atoms with van der Waals surface area (Å²) in [5, 5.41) is 11.2. The lowest BCUT2D eigenvalue weighted by atomic mass is 10.1. The number of benzene rings is 1. The zero-order valence-electron chi connectivity index (χ0n) is 16.0. The number of piperazine rings is 1. The third-order valence-electron chi connectivity index (χ3n) is 5.64. The number of carbonyl (C=O) groups is 1. The number of nitrogens with zero attached hydrogens (tertiary/aromatic N) is 4. The Kier molecular flexibility index (Phi) is 5.53. The normalized spacial score (nSPS) is 23.2. The molecule has 2 aliphatic rings. The highest BCUT2D eigenvalue weighted by Gasteiger charge is 2.37. The lowest BCUT2D eigenvalue weighted by Gasteiger charge is -2.38. The SMILES string of the molecule is Cc1ccc(N2CC(N3CCN(C(=O)c4ccc(Cl)cc4)CC3)[C@@H](O)C2)nc1. The Hall–Kier alpha value is -2.15. The largest absolute Gasteiger partial charge is 0.390 e. The van der Waals surface area contributed by atoms with E-state index < -0.39 is 6.10 Å². The number of hydrogen-bond acceptors (Lipinski definition) is 5. The molecule has 0 radical (unpaired) electrons. The van der Waals surface area contributed by atoms with E-state index in [0.717, 1.165) is 31.0 Å². The highest BCUT2D eigenvalue weighted by atomic mass is 35.5. The van der Waals surface area contributed by atoms with Crippen molar-refractivity contribution in [3.63, 3.8) is 0 Å². The maximum Gasteiger partial charge on any atom is 0.253 e. The standard InChI is InChI=1S/C21H25ClN4O2/c1-15-2-7-20(23-12-15)26-13-18(19(27)14-26)24-8-10-25(11-9-24)21(28)16-3-5-17(22)6-4-16/h2-7,12,18-19,27H,8-11,13-14H2,1H3/t18?,19-/m0/s1. The van der Waals surface area contributed by atoms with Crippen LogP contribution in [0.3, 0.4) is 0 Å². The van der Waals surface area contributed by atoms with Crippen LogP contribution in [0.4, 0.5) is 5.82 Å². The summed E-state index contributed by atoms with van der Waals surface area (Å²) in [6.45, 7) is 6.20. The zero-order chi connectivity index (χ0) is 19.7. The maximum absolute atomic E-state index is 12.7. The van der Waals surface area contributed by atoms with Crippen LogP contribution in [0.15, 0.2) is 42.6 Å². The minimum absolute atomic E-state index is 0.0359. The number of aliphatic hydroxyl groups is 1. The molecular weight excluding hydrogens is 376 g/mol. The molecule has 2 atom stereocenters. The molecular formula is C21H25ClN4O2. The molecule has 4 rings (SSSR count). The van der Waals surface area contributed by atoms with Gasteiger partial charge < -0.3 is 14.9 Å². The Bertz CT molecular complexity index is 819. The van der Waals surface area contributed by atoms with E-state index in [9.17, 15) is 9.90 Å². The number of rotatable bonds is 3. The summed E-state index contributed by atoms with van der Waals surface area (Å²) in [5.74, 6) is 0.942. The van der Waals surface area contributed by atoms with Gasteiger partial charge in [-0.3, -0.25) is 9.69 Å². The molecule has 148 valence electrons. The van der Waals surface area contributed by atoms with Crippen molar-refractivity contribution in [1.29, 1.82) is 0 Å². The van der Waals surface area contributed by atoms with Crippen molar-refractivity contribution in [2.45, 2.75) is 19.1 Å². The molecule has 2 fully saturated rings.